The van der Waals surface area contributed by atoms with Crippen LogP contribution in [0, 0.1) is 11.3 Å². The Morgan fingerprint density at radius 3 is 1.84 bits per heavy atom. The summed E-state index contributed by atoms with van der Waals surface area (Å²) in [5.41, 5.74) is 3.45. The Morgan fingerprint density at radius 1 is 0.750 bits per heavy atom. The molecule has 3 aromatic rings. The number of para-hydroxylation sites is 2. The van der Waals surface area contributed by atoms with Crippen LogP contribution in [0.1, 0.15) is 59.1 Å². The van der Waals surface area contributed by atoms with Gasteiger partial charge in [0.05, 0.1) is 11.9 Å². The maximum atomic E-state index is 5.32. The van der Waals surface area contributed by atoms with Gasteiger partial charge in [-0.15, -0.1) is 0 Å². The predicted molar refractivity (Wildman–Crippen MR) is 133 cm³/mol. The number of fused-ring (bicyclic) bond motifs is 1. The van der Waals surface area contributed by atoms with Gasteiger partial charge in [0.25, 0.3) is 0 Å². The van der Waals surface area contributed by atoms with Crippen LogP contribution >= 0.6 is 0 Å². The summed E-state index contributed by atoms with van der Waals surface area (Å²) in [5.74, 6) is 2.62. The predicted octanol–water partition coefficient (Wildman–Crippen LogP) is 7.22. The number of hydrogen-bond acceptors (Lipinski definition) is 4. The van der Waals surface area contributed by atoms with Crippen molar-refractivity contribution in [3.05, 3.63) is 72.6 Å². The molecule has 4 nitrogen and oxygen atoms in total. The molecule has 32 heavy (non-hydrogen) atoms. The molecule has 2 aromatic carbocycles. The average Bonchev–Trinajstić information content (AvgIpc) is 3.49. The van der Waals surface area contributed by atoms with E-state index in [4.69, 9.17) is 9.97 Å². The summed E-state index contributed by atoms with van der Waals surface area (Å²) in [6, 6.07) is 21.0. The second-order valence-corrected chi connectivity index (χ2v) is 10.4. The number of nitrogens with zero attached hydrogens (tertiary/aromatic N) is 4. The van der Waals surface area contributed by atoms with Crippen LogP contribution in [0.2, 0.25) is 0 Å². The van der Waals surface area contributed by atoms with Gasteiger partial charge in [-0.3, -0.25) is 0 Å². The van der Waals surface area contributed by atoms with E-state index in [0.717, 1.165) is 34.6 Å². The summed E-state index contributed by atoms with van der Waals surface area (Å²) in [7, 11) is 0. The van der Waals surface area contributed by atoms with E-state index in [9.17, 15) is 0 Å². The lowest BCUT2D eigenvalue weighted by molar-refractivity contribution is 0.102. The Morgan fingerprint density at radius 2 is 1.28 bits per heavy atom. The second-order valence-electron chi connectivity index (χ2n) is 10.4. The molecule has 0 N–H and O–H groups in total. The van der Waals surface area contributed by atoms with Crippen molar-refractivity contribution in [3.8, 4) is 0 Å². The highest BCUT2D eigenvalue weighted by Crippen LogP contribution is 2.52. The fourth-order valence-electron chi connectivity index (χ4n) is 5.43. The van der Waals surface area contributed by atoms with E-state index >= 15 is 0 Å². The lowest BCUT2D eigenvalue weighted by Crippen LogP contribution is -2.42. The van der Waals surface area contributed by atoms with E-state index in [1.165, 1.54) is 25.7 Å². The van der Waals surface area contributed by atoms with E-state index in [1.54, 1.807) is 0 Å². The van der Waals surface area contributed by atoms with Crippen molar-refractivity contribution in [3.63, 3.8) is 0 Å². The summed E-state index contributed by atoms with van der Waals surface area (Å²) < 4.78 is 0. The third-order valence-corrected chi connectivity index (χ3v) is 8.29. The summed E-state index contributed by atoms with van der Waals surface area (Å²) >= 11 is 0. The van der Waals surface area contributed by atoms with Crippen LogP contribution in [-0.2, 0) is 5.41 Å². The van der Waals surface area contributed by atoms with Gasteiger partial charge in [-0.05, 0) is 48.4 Å². The molecule has 1 aliphatic heterocycles. The molecule has 1 aromatic heterocycles. The van der Waals surface area contributed by atoms with Crippen molar-refractivity contribution < 1.29 is 0 Å². The second kappa shape index (κ2) is 7.91. The van der Waals surface area contributed by atoms with Crippen LogP contribution in [0.4, 0.5) is 23.0 Å². The van der Waals surface area contributed by atoms with Gasteiger partial charge in [0.15, 0.2) is 11.6 Å². The van der Waals surface area contributed by atoms with Crippen molar-refractivity contribution in [2.75, 3.05) is 16.5 Å². The van der Waals surface area contributed by atoms with E-state index in [0.29, 0.717) is 6.67 Å². The largest absolute Gasteiger partial charge is 0.305 e. The zero-order chi connectivity index (χ0) is 22.3. The molecule has 1 aliphatic carbocycles. The normalized spacial score (nSPS) is 17.1. The van der Waals surface area contributed by atoms with Gasteiger partial charge in [-0.2, -0.15) is 0 Å². The summed E-state index contributed by atoms with van der Waals surface area (Å²) in [6.45, 7) is 10.3. The van der Waals surface area contributed by atoms with Gasteiger partial charge in [0.1, 0.15) is 6.67 Å². The average molecular weight is 427 g/mol. The van der Waals surface area contributed by atoms with Gasteiger partial charge in [0, 0.05) is 16.8 Å². The quantitative estimate of drug-likeness (QED) is 0.431. The maximum absolute atomic E-state index is 5.32. The van der Waals surface area contributed by atoms with Crippen LogP contribution < -0.4 is 9.80 Å². The summed E-state index contributed by atoms with van der Waals surface area (Å²) in [4.78, 5) is 14.9. The lowest BCUT2D eigenvalue weighted by Gasteiger charge is -2.45. The summed E-state index contributed by atoms with van der Waals surface area (Å²) in [5, 5.41) is 0. The van der Waals surface area contributed by atoms with E-state index in [-0.39, 0.29) is 10.8 Å². The first kappa shape index (κ1) is 21.0. The molecule has 1 saturated carbocycles. The monoisotopic (exact) mass is 426 g/mol. The van der Waals surface area contributed by atoms with Crippen molar-refractivity contribution in [1.29, 1.82) is 0 Å². The minimum absolute atomic E-state index is 0.0768. The lowest BCUT2D eigenvalue weighted by atomic mass is 9.59. The molecular formula is C28H34N4. The van der Waals surface area contributed by atoms with E-state index < -0.39 is 0 Å². The van der Waals surface area contributed by atoms with Crippen molar-refractivity contribution in [2.45, 2.75) is 58.8 Å². The number of benzene rings is 2. The first-order valence-corrected chi connectivity index (χ1v) is 11.9. The minimum atomic E-state index is -0.0768. The van der Waals surface area contributed by atoms with Crippen molar-refractivity contribution >= 4 is 23.0 Å². The van der Waals surface area contributed by atoms with E-state index in [1.807, 2.05) is 6.20 Å². The van der Waals surface area contributed by atoms with Crippen LogP contribution in [0.25, 0.3) is 0 Å². The van der Waals surface area contributed by atoms with Crippen LogP contribution in [0.5, 0.6) is 0 Å². The van der Waals surface area contributed by atoms with Crippen molar-refractivity contribution in [2.24, 2.45) is 11.3 Å². The number of aromatic nitrogens is 2. The molecule has 0 bridgehead atoms. The molecule has 0 saturated heterocycles. The minimum Gasteiger partial charge on any atom is -0.305 e. The maximum Gasteiger partial charge on any atom is 0.178 e. The molecule has 0 spiro atoms. The molecule has 0 amide bonds. The first-order chi connectivity index (χ1) is 15.4. The molecule has 0 radical (unpaired) electrons. The molecule has 0 atom stereocenters. The van der Waals surface area contributed by atoms with Gasteiger partial charge < -0.3 is 9.80 Å². The van der Waals surface area contributed by atoms with E-state index in [2.05, 4.69) is 98.2 Å². The van der Waals surface area contributed by atoms with Crippen LogP contribution in [-0.4, -0.2) is 16.6 Å². The summed E-state index contributed by atoms with van der Waals surface area (Å²) in [6.07, 6.45) is 7.39. The highest BCUT2D eigenvalue weighted by Gasteiger charge is 2.46. The highest BCUT2D eigenvalue weighted by molar-refractivity contribution is 5.81. The Labute approximate surface area is 192 Å². The number of hydrogen-bond donors (Lipinski definition) is 0. The standard InChI is InChI=1S/C28H34N4/c1-27(2,21-13-11-12-14-21)28(3,4)24-19-29-25-26(30-24)32(23-17-9-6-10-18-23)20-31(25)22-15-7-5-8-16-22/h5-10,15-19,21H,11-14,20H2,1-4H3. The first-order valence-electron chi connectivity index (χ1n) is 11.9. The fraction of sp³-hybridized carbons (Fsp3) is 0.429. The zero-order valence-corrected chi connectivity index (χ0v) is 19.8. The molecule has 1 fully saturated rings. The molecule has 166 valence electrons. The number of anilines is 4. The zero-order valence-electron chi connectivity index (χ0n) is 19.8. The highest BCUT2D eigenvalue weighted by atomic mass is 15.4. The van der Waals surface area contributed by atoms with Gasteiger partial charge in [-0.25, -0.2) is 9.97 Å². The smallest absolute Gasteiger partial charge is 0.178 e. The topological polar surface area (TPSA) is 32.3 Å². The fourth-order valence-corrected chi connectivity index (χ4v) is 5.43. The molecular weight excluding hydrogens is 392 g/mol. The Hall–Kier alpha value is -2.88. The molecule has 0 unspecified atom stereocenters. The van der Waals surface area contributed by atoms with Gasteiger partial charge >= 0.3 is 0 Å². The Balaban J connectivity index is 1.59. The molecule has 2 heterocycles. The van der Waals surface area contributed by atoms with Gasteiger partial charge in [0.2, 0.25) is 0 Å². The van der Waals surface area contributed by atoms with Crippen molar-refractivity contribution in [1.82, 2.24) is 9.97 Å². The van der Waals surface area contributed by atoms with Crippen LogP contribution in [0.15, 0.2) is 66.9 Å². The molecule has 4 heteroatoms. The van der Waals surface area contributed by atoms with Crippen LogP contribution in [0.3, 0.4) is 0 Å². The molecule has 2 aliphatic rings. The third kappa shape index (κ3) is 3.37. The number of rotatable bonds is 5. The SMILES string of the molecule is CC(C)(c1cnc2c(n1)N(c1ccccc1)CN2c1ccccc1)C(C)(C)C1CCCC1. The third-order valence-electron chi connectivity index (χ3n) is 8.29. The Bertz CT molecular complexity index is 1070. The molecule has 5 rings (SSSR count). The van der Waals surface area contributed by atoms with Gasteiger partial charge in [-0.1, -0.05) is 76.9 Å². The Kier molecular flexibility index (Phi) is 5.19.